The van der Waals surface area contributed by atoms with Crippen LogP contribution in [0.1, 0.15) is 49.2 Å². The topological polar surface area (TPSA) is 35.0 Å². The molecule has 0 radical (unpaired) electrons. The van der Waals surface area contributed by atoms with Gasteiger partial charge in [0.05, 0.1) is 9.26 Å². The summed E-state index contributed by atoms with van der Waals surface area (Å²) in [5, 5.41) is 0.584. The third-order valence-corrected chi connectivity index (χ3v) is 5.03. The lowest BCUT2D eigenvalue weighted by atomic mass is 10.2. The minimum Gasteiger partial charge on any atom is -0.373 e. The Balaban J connectivity index is 1.98. The second-order valence-electron chi connectivity index (χ2n) is 4.84. The summed E-state index contributed by atoms with van der Waals surface area (Å²) in [6.07, 6.45) is 4.91. The van der Waals surface area contributed by atoms with Gasteiger partial charge in [0.1, 0.15) is 11.3 Å². The number of ether oxygens (including phenoxy) is 1. The molecule has 5 heteroatoms. The van der Waals surface area contributed by atoms with Crippen LogP contribution in [0.2, 0.25) is 5.15 Å². The van der Waals surface area contributed by atoms with Gasteiger partial charge in [0.15, 0.2) is 5.82 Å². The van der Waals surface area contributed by atoms with Crippen LogP contribution < -0.4 is 0 Å². The molecule has 3 nitrogen and oxygen atoms in total. The minimum atomic E-state index is 0.0296. The van der Waals surface area contributed by atoms with Crippen LogP contribution in [0.3, 0.4) is 0 Å². The minimum absolute atomic E-state index is 0.0296. The van der Waals surface area contributed by atoms with Gasteiger partial charge in [0, 0.05) is 13.0 Å². The third kappa shape index (κ3) is 2.44. The lowest BCUT2D eigenvalue weighted by Gasteiger charge is -2.15. The fourth-order valence-electron chi connectivity index (χ4n) is 2.11. The van der Waals surface area contributed by atoms with Gasteiger partial charge in [0.25, 0.3) is 0 Å². The molecule has 0 aliphatic heterocycles. The fourth-order valence-corrected chi connectivity index (χ4v) is 2.98. The van der Waals surface area contributed by atoms with Crippen LogP contribution >= 0.6 is 34.2 Å². The normalized spacial score (nSPS) is 21.6. The molecule has 0 N–H and O–H groups in total. The van der Waals surface area contributed by atoms with Crippen LogP contribution in [0, 0.1) is 9.49 Å². The SMILES string of the molecule is COC(c1nc(Cl)c(I)c(C2CC2)n1)C1CC1. The molecule has 92 valence electrons. The van der Waals surface area contributed by atoms with E-state index in [1.54, 1.807) is 7.11 Å². The van der Waals surface area contributed by atoms with Crippen molar-refractivity contribution in [2.45, 2.75) is 37.7 Å². The van der Waals surface area contributed by atoms with Crippen LogP contribution in [0.25, 0.3) is 0 Å². The lowest BCUT2D eigenvalue weighted by molar-refractivity contribution is 0.0769. The lowest BCUT2D eigenvalue weighted by Crippen LogP contribution is -2.11. The highest BCUT2D eigenvalue weighted by atomic mass is 127. The summed E-state index contributed by atoms with van der Waals surface area (Å²) >= 11 is 8.45. The van der Waals surface area contributed by atoms with Crippen LogP contribution in [0.15, 0.2) is 0 Å². The van der Waals surface area contributed by atoms with E-state index in [4.69, 9.17) is 21.3 Å². The van der Waals surface area contributed by atoms with Crippen LogP contribution in [0.5, 0.6) is 0 Å². The van der Waals surface area contributed by atoms with Crippen molar-refractivity contribution in [3.05, 3.63) is 20.2 Å². The van der Waals surface area contributed by atoms with Crippen LogP contribution in [0.4, 0.5) is 0 Å². The third-order valence-electron chi connectivity index (χ3n) is 3.38. The molecule has 1 aromatic heterocycles. The number of halogens is 2. The maximum Gasteiger partial charge on any atom is 0.159 e. The van der Waals surface area contributed by atoms with Crippen molar-refractivity contribution in [3.63, 3.8) is 0 Å². The van der Waals surface area contributed by atoms with Gasteiger partial charge in [-0.3, -0.25) is 0 Å². The molecule has 1 unspecified atom stereocenters. The van der Waals surface area contributed by atoms with Gasteiger partial charge in [-0.15, -0.1) is 0 Å². The van der Waals surface area contributed by atoms with Crippen molar-refractivity contribution >= 4 is 34.2 Å². The molecular formula is C12H14ClIN2O. The zero-order valence-electron chi connectivity index (χ0n) is 9.62. The Morgan fingerprint density at radius 2 is 2.00 bits per heavy atom. The molecule has 2 aliphatic rings. The van der Waals surface area contributed by atoms with E-state index in [0.717, 1.165) is 15.1 Å². The molecule has 0 bridgehead atoms. The standard InChI is InChI=1S/C12H14ClIN2O/c1-17-10(7-4-5-7)12-15-9(6-2-3-6)8(14)11(13)16-12/h6-7,10H,2-5H2,1H3. The summed E-state index contributed by atoms with van der Waals surface area (Å²) in [4.78, 5) is 9.10. The van der Waals surface area contributed by atoms with Crippen LogP contribution in [-0.2, 0) is 4.74 Å². The highest BCUT2D eigenvalue weighted by Crippen LogP contribution is 2.45. The average molecular weight is 365 g/mol. The number of rotatable bonds is 4. The molecule has 0 amide bonds. The number of aromatic nitrogens is 2. The van der Waals surface area contributed by atoms with Gasteiger partial charge in [0.2, 0.25) is 0 Å². The first-order valence-electron chi connectivity index (χ1n) is 5.96. The molecule has 3 rings (SSSR count). The second-order valence-corrected chi connectivity index (χ2v) is 6.28. The summed E-state index contributed by atoms with van der Waals surface area (Å²) in [6.45, 7) is 0. The Morgan fingerprint density at radius 3 is 2.53 bits per heavy atom. The van der Waals surface area contributed by atoms with E-state index >= 15 is 0 Å². The molecule has 17 heavy (non-hydrogen) atoms. The number of hydrogen-bond acceptors (Lipinski definition) is 3. The van der Waals surface area contributed by atoms with Crippen molar-refractivity contribution in [2.75, 3.05) is 7.11 Å². The van der Waals surface area contributed by atoms with E-state index in [9.17, 15) is 0 Å². The van der Waals surface area contributed by atoms with Gasteiger partial charge < -0.3 is 4.74 Å². The Hall–Kier alpha value is 0.0600. The molecular weight excluding hydrogens is 351 g/mol. The first-order chi connectivity index (χ1) is 8.20. The van der Waals surface area contributed by atoms with Gasteiger partial charge in [-0.1, -0.05) is 11.6 Å². The molecule has 1 heterocycles. The maximum absolute atomic E-state index is 6.20. The van der Waals surface area contributed by atoms with Gasteiger partial charge in [-0.05, 0) is 54.2 Å². The van der Waals surface area contributed by atoms with Gasteiger partial charge in [-0.25, -0.2) is 9.97 Å². The zero-order valence-corrected chi connectivity index (χ0v) is 12.5. The Bertz CT molecular complexity index is 446. The molecule has 1 aromatic rings. The zero-order chi connectivity index (χ0) is 12.0. The Labute approximate surface area is 119 Å². The number of nitrogens with zero attached hydrogens (tertiary/aromatic N) is 2. The van der Waals surface area contributed by atoms with E-state index in [1.807, 2.05) is 0 Å². The average Bonchev–Trinajstić information content (AvgIpc) is 3.15. The summed E-state index contributed by atoms with van der Waals surface area (Å²) in [7, 11) is 1.73. The van der Waals surface area contributed by atoms with Gasteiger partial charge >= 0.3 is 0 Å². The number of hydrogen-bond donors (Lipinski definition) is 0. The second kappa shape index (κ2) is 4.63. The summed E-state index contributed by atoms with van der Waals surface area (Å²) in [5.74, 6) is 1.96. The van der Waals surface area contributed by atoms with E-state index < -0.39 is 0 Å². The maximum atomic E-state index is 6.20. The van der Waals surface area contributed by atoms with Crippen LogP contribution in [-0.4, -0.2) is 17.1 Å². The smallest absolute Gasteiger partial charge is 0.159 e. The molecule has 0 spiro atoms. The van der Waals surface area contributed by atoms with Gasteiger partial charge in [-0.2, -0.15) is 0 Å². The monoisotopic (exact) mass is 364 g/mol. The molecule has 2 fully saturated rings. The van der Waals surface area contributed by atoms with Crippen molar-refractivity contribution in [2.24, 2.45) is 5.92 Å². The molecule has 2 aliphatic carbocycles. The highest BCUT2D eigenvalue weighted by Gasteiger charge is 2.36. The summed E-state index contributed by atoms with van der Waals surface area (Å²) in [5.41, 5.74) is 1.13. The van der Waals surface area contributed by atoms with Crippen molar-refractivity contribution in [3.8, 4) is 0 Å². The Morgan fingerprint density at radius 1 is 1.29 bits per heavy atom. The van der Waals surface area contributed by atoms with E-state index in [0.29, 0.717) is 17.0 Å². The van der Waals surface area contributed by atoms with Crippen molar-refractivity contribution < 1.29 is 4.74 Å². The quantitative estimate of drug-likeness (QED) is 0.603. The predicted molar refractivity (Wildman–Crippen MR) is 74.2 cm³/mol. The number of methoxy groups -OCH3 is 1. The van der Waals surface area contributed by atoms with E-state index in [2.05, 4.69) is 27.6 Å². The molecule has 1 atom stereocenters. The summed E-state index contributed by atoms with van der Waals surface area (Å²) < 4.78 is 6.54. The molecule has 2 saturated carbocycles. The van der Waals surface area contributed by atoms with E-state index in [1.165, 1.54) is 25.7 Å². The summed E-state index contributed by atoms with van der Waals surface area (Å²) in [6, 6.07) is 0. The molecule has 0 aromatic carbocycles. The molecule has 0 saturated heterocycles. The highest BCUT2D eigenvalue weighted by molar-refractivity contribution is 14.1. The fraction of sp³-hybridized carbons (Fsp3) is 0.667. The predicted octanol–water partition coefficient (Wildman–Crippen LogP) is 3.71. The largest absolute Gasteiger partial charge is 0.373 e. The Kier molecular flexibility index (Phi) is 3.30. The van der Waals surface area contributed by atoms with Crippen molar-refractivity contribution in [1.82, 2.24) is 9.97 Å². The first kappa shape index (κ1) is 12.1. The first-order valence-corrected chi connectivity index (χ1v) is 7.42. The van der Waals surface area contributed by atoms with E-state index in [-0.39, 0.29) is 6.10 Å². The van der Waals surface area contributed by atoms with Crippen molar-refractivity contribution in [1.29, 1.82) is 0 Å².